The van der Waals surface area contributed by atoms with Gasteiger partial charge in [0.2, 0.25) is 0 Å². The predicted octanol–water partition coefficient (Wildman–Crippen LogP) is 1.08. The molecule has 70 valence electrons. The van der Waals surface area contributed by atoms with Crippen LogP contribution in [0.4, 0.5) is 0 Å². The number of hydrogen-bond acceptors (Lipinski definition) is 3. The first kappa shape index (κ1) is 9.70. The molecule has 3 N–H and O–H groups in total. The minimum absolute atomic E-state index is 0.223. The number of carboxylic acids is 1. The summed E-state index contributed by atoms with van der Waals surface area (Å²) in [7, 11) is 0. The van der Waals surface area contributed by atoms with Gasteiger partial charge in [0.15, 0.2) is 0 Å². The van der Waals surface area contributed by atoms with Crippen molar-refractivity contribution in [2.24, 2.45) is 5.90 Å². The van der Waals surface area contributed by atoms with E-state index in [1.807, 2.05) is 0 Å². The van der Waals surface area contributed by atoms with Crippen molar-refractivity contribution in [3.05, 3.63) is 34.9 Å². The molecule has 0 saturated heterocycles. The molecule has 0 amide bonds. The molecule has 0 aromatic heterocycles. The summed E-state index contributed by atoms with van der Waals surface area (Å²) in [4.78, 5) is 15.1. The third-order valence-electron chi connectivity index (χ3n) is 1.78. The van der Waals surface area contributed by atoms with E-state index in [1.165, 1.54) is 0 Å². The molecule has 4 heteroatoms. The highest BCUT2D eigenvalue weighted by Gasteiger charge is 2.07. The van der Waals surface area contributed by atoms with Crippen molar-refractivity contribution in [2.45, 2.75) is 13.5 Å². The molecule has 0 spiro atoms. The van der Waals surface area contributed by atoms with Gasteiger partial charge in [-0.2, -0.15) is 0 Å². The van der Waals surface area contributed by atoms with Crippen LogP contribution in [0, 0.1) is 6.92 Å². The minimum atomic E-state index is -0.934. The maximum absolute atomic E-state index is 10.7. The quantitative estimate of drug-likeness (QED) is 0.684. The summed E-state index contributed by atoms with van der Waals surface area (Å²) in [5.41, 5.74) is 1.77. The second kappa shape index (κ2) is 4.02. The Morgan fingerprint density at radius 1 is 1.62 bits per heavy atom. The van der Waals surface area contributed by atoms with Gasteiger partial charge in [-0.05, 0) is 24.1 Å². The van der Waals surface area contributed by atoms with Gasteiger partial charge in [0.05, 0.1) is 12.2 Å². The number of aromatic carboxylic acids is 1. The van der Waals surface area contributed by atoms with Gasteiger partial charge < -0.3 is 5.11 Å². The zero-order chi connectivity index (χ0) is 9.84. The molecule has 1 aromatic carbocycles. The standard InChI is InChI=1S/C9H11NO3/c1-6-2-3-7(5-13-10)4-8(6)9(11)12/h2-4H,5,10H2,1H3,(H,11,12). The van der Waals surface area contributed by atoms with E-state index < -0.39 is 5.97 Å². The van der Waals surface area contributed by atoms with Crippen LogP contribution in [0.1, 0.15) is 21.5 Å². The zero-order valence-corrected chi connectivity index (χ0v) is 7.28. The SMILES string of the molecule is Cc1ccc(CON)cc1C(=O)O. The number of carbonyl (C=O) groups is 1. The van der Waals surface area contributed by atoms with Crippen molar-refractivity contribution < 1.29 is 14.7 Å². The van der Waals surface area contributed by atoms with Gasteiger partial charge in [-0.1, -0.05) is 12.1 Å². The summed E-state index contributed by atoms with van der Waals surface area (Å²) in [6.07, 6.45) is 0. The Hall–Kier alpha value is -1.39. The number of nitrogens with two attached hydrogens (primary N) is 1. The lowest BCUT2D eigenvalue weighted by molar-refractivity contribution is 0.0695. The summed E-state index contributed by atoms with van der Waals surface area (Å²) in [5.74, 6) is 3.94. The number of hydrogen-bond donors (Lipinski definition) is 2. The van der Waals surface area contributed by atoms with Crippen LogP contribution >= 0.6 is 0 Å². The third-order valence-corrected chi connectivity index (χ3v) is 1.78. The first-order valence-corrected chi connectivity index (χ1v) is 3.79. The van der Waals surface area contributed by atoms with E-state index in [0.29, 0.717) is 0 Å². The fraction of sp³-hybridized carbons (Fsp3) is 0.222. The lowest BCUT2D eigenvalue weighted by atomic mass is 10.1. The lowest BCUT2D eigenvalue weighted by Crippen LogP contribution is -2.03. The second-order valence-electron chi connectivity index (χ2n) is 2.77. The maximum atomic E-state index is 10.7. The van der Waals surface area contributed by atoms with Crippen molar-refractivity contribution in [2.75, 3.05) is 0 Å². The van der Waals surface area contributed by atoms with Crippen molar-refractivity contribution >= 4 is 5.97 Å². The monoisotopic (exact) mass is 181 g/mol. The van der Waals surface area contributed by atoms with E-state index in [2.05, 4.69) is 4.84 Å². The van der Waals surface area contributed by atoms with Crippen LogP contribution in [0.2, 0.25) is 0 Å². The summed E-state index contributed by atoms with van der Waals surface area (Å²) in [6.45, 7) is 1.97. The summed E-state index contributed by atoms with van der Waals surface area (Å²) >= 11 is 0. The predicted molar refractivity (Wildman–Crippen MR) is 47.1 cm³/mol. The molecule has 0 unspecified atom stereocenters. The van der Waals surface area contributed by atoms with Gasteiger partial charge in [0.1, 0.15) is 0 Å². The van der Waals surface area contributed by atoms with Crippen molar-refractivity contribution in [3.63, 3.8) is 0 Å². The Labute approximate surface area is 75.9 Å². The van der Waals surface area contributed by atoms with Crippen molar-refractivity contribution in [1.29, 1.82) is 0 Å². The minimum Gasteiger partial charge on any atom is -0.478 e. The van der Waals surface area contributed by atoms with Crippen LogP contribution in [-0.2, 0) is 11.4 Å². The van der Waals surface area contributed by atoms with Gasteiger partial charge in [-0.25, -0.2) is 10.7 Å². The number of benzene rings is 1. The molecule has 4 nitrogen and oxygen atoms in total. The first-order valence-electron chi connectivity index (χ1n) is 3.79. The Morgan fingerprint density at radius 3 is 2.85 bits per heavy atom. The summed E-state index contributed by atoms with van der Waals surface area (Å²) < 4.78 is 0. The maximum Gasteiger partial charge on any atom is 0.335 e. The van der Waals surface area contributed by atoms with E-state index in [-0.39, 0.29) is 12.2 Å². The van der Waals surface area contributed by atoms with Crippen molar-refractivity contribution in [1.82, 2.24) is 0 Å². The molecule has 1 rings (SSSR count). The number of carboxylic acid groups (broad SMARTS) is 1. The topological polar surface area (TPSA) is 72.5 Å². The van der Waals surface area contributed by atoms with E-state index in [0.717, 1.165) is 11.1 Å². The molecule has 0 aliphatic carbocycles. The first-order chi connectivity index (χ1) is 6.15. The molecule has 0 heterocycles. The fourth-order valence-corrected chi connectivity index (χ4v) is 1.09. The molecule has 0 radical (unpaired) electrons. The molecule has 0 saturated carbocycles. The molecule has 1 aromatic rings. The lowest BCUT2D eigenvalue weighted by Gasteiger charge is -2.03. The molecule has 0 atom stereocenters. The number of aryl methyl sites for hydroxylation is 1. The zero-order valence-electron chi connectivity index (χ0n) is 7.28. The molecule has 13 heavy (non-hydrogen) atoms. The molecule has 0 aliphatic rings. The van der Waals surface area contributed by atoms with Crippen LogP contribution in [0.3, 0.4) is 0 Å². The van der Waals surface area contributed by atoms with Crippen LogP contribution in [0.25, 0.3) is 0 Å². The average Bonchev–Trinajstić information content (AvgIpc) is 2.08. The van der Waals surface area contributed by atoms with E-state index in [1.54, 1.807) is 25.1 Å². The molecule has 0 aliphatic heterocycles. The van der Waals surface area contributed by atoms with E-state index >= 15 is 0 Å². The highest BCUT2D eigenvalue weighted by Crippen LogP contribution is 2.11. The third kappa shape index (κ3) is 2.27. The Morgan fingerprint density at radius 2 is 2.31 bits per heavy atom. The van der Waals surface area contributed by atoms with Gasteiger partial charge in [0, 0.05) is 0 Å². The van der Waals surface area contributed by atoms with E-state index in [9.17, 15) is 4.79 Å². The summed E-state index contributed by atoms with van der Waals surface area (Å²) in [6, 6.07) is 5.08. The largest absolute Gasteiger partial charge is 0.478 e. The molecular formula is C9H11NO3. The molecule has 0 fully saturated rings. The summed E-state index contributed by atoms with van der Waals surface area (Å²) in [5, 5.41) is 8.79. The van der Waals surface area contributed by atoms with Crippen LogP contribution in [0.15, 0.2) is 18.2 Å². The van der Waals surface area contributed by atoms with Gasteiger partial charge in [-0.3, -0.25) is 4.84 Å². The molecular weight excluding hydrogens is 170 g/mol. The Balaban J connectivity index is 3.04. The van der Waals surface area contributed by atoms with Gasteiger partial charge in [0.25, 0.3) is 0 Å². The second-order valence-corrected chi connectivity index (χ2v) is 2.77. The van der Waals surface area contributed by atoms with Crippen molar-refractivity contribution in [3.8, 4) is 0 Å². The highest BCUT2D eigenvalue weighted by molar-refractivity contribution is 5.89. The van der Waals surface area contributed by atoms with Crippen LogP contribution in [0.5, 0.6) is 0 Å². The smallest absolute Gasteiger partial charge is 0.335 e. The average molecular weight is 181 g/mol. The van der Waals surface area contributed by atoms with Gasteiger partial charge >= 0.3 is 5.97 Å². The van der Waals surface area contributed by atoms with Crippen LogP contribution in [-0.4, -0.2) is 11.1 Å². The van der Waals surface area contributed by atoms with Gasteiger partial charge in [-0.15, -0.1) is 0 Å². The Kier molecular flexibility index (Phi) is 3.00. The fourth-order valence-electron chi connectivity index (χ4n) is 1.09. The van der Waals surface area contributed by atoms with Crippen LogP contribution < -0.4 is 5.90 Å². The number of rotatable bonds is 3. The normalized spacial score (nSPS) is 10.0. The Bertz CT molecular complexity index is 323. The highest BCUT2D eigenvalue weighted by atomic mass is 16.6. The molecule has 0 bridgehead atoms. The van der Waals surface area contributed by atoms with E-state index in [4.69, 9.17) is 11.0 Å².